The third kappa shape index (κ3) is 3.56. The predicted octanol–water partition coefficient (Wildman–Crippen LogP) is 4.64. The van der Waals surface area contributed by atoms with Crippen LogP contribution in [0, 0.1) is 17.8 Å². The monoisotopic (exact) mass is 445 g/mol. The number of fused-ring (bicyclic) bond motifs is 3. The van der Waals surface area contributed by atoms with Crippen molar-refractivity contribution < 1.29 is 18.8 Å². The molecule has 2 saturated carbocycles. The number of benzene rings is 2. The Morgan fingerprint density at radius 1 is 1.06 bits per heavy atom. The number of rotatable bonds is 6. The van der Waals surface area contributed by atoms with Crippen LogP contribution in [0.4, 0.5) is 0 Å². The average Bonchev–Trinajstić information content (AvgIpc) is 3.65. The summed E-state index contributed by atoms with van der Waals surface area (Å²) in [6.07, 6.45) is 3.28. The predicted molar refractivity (Wildman–Crippen MR) is 120 cm³/mol. The van der Waals surface area contributed by atoms with Crippen LogP contribution in [0.25, 0.3) is 11.4 Å². The Morgan fingerprint density at radius 3 is 2.73 bits per heavy atom. The highest BCUT2D eigenvalue weighted by Crippen LogP contribution is 2.57. The third-order valence-corrected chi connectivity index (χ3v) is 7.47. The first-order chi connectivity index (χ1) is 16.2. The minimum Gasteiger partial charge on any atom is -0.454 e. The highest BCUT2D eigenvalue weighted by Gasteiger charge is 2.54. The van der Waals surface area contributed by atoms with Crippen LogP contribution in [-0.2, 0) is 11.3 Å². The Morgan fingerprint density at radius 2 is 1.88 bits per heavy atom. The van der Waals surface area contributed by atoms with E-state index in [9.17, 15) is 4.79 Å². The van der Waals surface area contributed by atoms with E-state index in [2.05, 4.69) is 17.3 Å². The zero-order chi connectivity index (χ0) is 22.4. The Bertz CT molecular complexity index is 1160. The van der Waals surface area contributed by atoms with E-state index < -0.39 is 0 Å². The Kier molecular flexibility index (Phi) is 5.04. The fourth-order valence-electron chi connectivity index (χ4n) is 5.89. The van der Waals surface area contributed by atoms with Crippen molar-refractivity contribution in [3.63, 3.8) is 0 Å². The summed E-state index contributed by atoms with van der Waals surface area (Å²) in [5, 5.41) is 4.26. The molecule has 0 spiro atoms. The van der Waals surface area contributed by atoms with E-state index in [4.69, 9.17) is 19.0 Å². The van der Waals surface area contributed by atoms with Crippen molar-refractivity contribution >= 4 is 5.91 Å². The number of nitrogens with zero attached hydrogens (tertiary/aromatic N) is 3. The maximum absolute atomic E-state index is 13.8. The second-order valence-corrected chi connectivity index (χ2v) is 9.25. The lowest BCUT2D eigenvalue weighted by atomic mass is 9.78. The third-order valence-electron chi connectivity index (χ3n) is 7.47. The van der Waals surface area contributed by atoms with Gasteiger partial charge in [-0.25, -0.2) is 0 Å². The molecule has 2 bridgehead atoms. The lowest BCUT2D eigenvalue weighted by Crippen LogP contribution is -2.40. The molecule has 1 amide bonds. The maximum Gasteiger partial charge on any atom is 0.231 e. The van der Waals surface area contributed by atoms with Crippen LogP contribution in [0.1, 0.15) is 43.6 Å². The zero-order valence-corrected chi connectivity index (χ0v) is 18.6. The van der Waals surface area contributed by atoms with Crippen molar-refractivity contribution in [2.75, 3.05) is 13.3 Å². The topological polar surface area (TPSA) is 77.7 Å². The van der Waals surface area contributed by atoms with Crippen LogP contribution in [0.15, 0.2) is 53.1 Å². The van der Waals surface area contributed by atoms with Gasteiger partial charge in [-0.2, -0.15) is 4.98 Å². The van der Waals surface area contributed by atoms with Gasteiger partial charge in [0.2, 0.25) is 24.4 Å². The molecule has 33 heavy (non-hydrogen) atoms. The molecule has 0 N–H and O–H groups in total. The summed E-state index contributed by atoms with van der Waals surface area (Å²) in [6, 6.07) is 15.8. The lowest BCUT2D eigenvalue weighted by molar-refractivity contribution is -0.138. The van der Waals surface area contributed by atoms with Crippen LogP contribution in [0.2, 0.25) is 0 Å². The van der Waals surface area contributed by atoms with Crippen molar-refractivity contribution in [3.8, 4) is 22.9 Å². The molecule has 2 fully saturated rings. The van der Waals surface area contributed by atoms with E-state index in [0.717, 1.165) is 36.1 Å². The average molecular weight is 446 g/mol. The second kappa shape index (κ2) is 8.21. The molecule has 0 radical (unpaired) electrons. The van der Waals surface area contributed by atoms with E-state index in [-0.39, 0.29) is 24.5 Å². The number of carbonyl (C=O) groups is 1. The van der Waals surface area contributed by atoms with Gasteiger partial charge in [0.15, 0.2) is 11.5 Å². The fourth-order valence-corrected chi connectivity index (χ4v) is 5.89. The first kappa shape index (κ1) is 20.3. The zero-order valence-electron chi connectivity index (χ0n) is 18.6. The summed E-state index contributed by atoms with van der Waals surface area (Å²) in [5.41, 5.74) is 1.97. The number of amides is 1. The number of hydrogen-bond donors (Lipinski definition) is 0. The lowest BCUT2D eigenvalue weighted by Gasteiger charge is -2.32. The summed E-state index contributed by atoms with van der Waals surface area (Å²) < 4.78 is 16.7. The maximum atomic E-state index is 13.8. The molecule has 6 rings (SSSR count). The molecule has 2 aliphatic carbocycles. The molecule has 3 aliphatic rings. The van der Waals surface area contributed by atoms with Gasteiger partial charge in [-0.1, -0.05) is 35.5 Å². The van der Waals surface area contributed by atoms with Crippen molar-refractivity contribution in [3.05, 3.63) is 60.0 Å². The highest BCUT2D eigenvalue weighted by atomic mass is 16.7. The van der Waals surface area contributed by atoms with Crippen LogP contribution in [-0.4, -0.2) is 34.3 Å². The molecule has 7 heteroatoms. The Labute approximate surface area is 192 Å². The second-order valence-electron chi connectivity index (χ2n) is 9.25. The molecular weight excluding hydrogens is 418 g/mol. The summed E-state index contributed by atoms with van der Waals surface area (Å²) >= 11 is 0. The van der Waals surface area contributed by atoms with Gasteiger partial charge in [-0.15, -0.1) is 0 Å². The van der Waals surface area contributed by atoms with E-state index in [1.165, 1.54) is 0 Å². The molecule has 0 saturated heterocycles. The molecule has 170 valence electrons. The first-order valence-electron chi connectivity index (χ1n) is 11.8. The van der Waals surface area contributed by atoms with Crippen LogP contribution < -0.4 is 9.47 Å². The van der Waals surface area contributed by atoms with E-state index in [1.807, 2.05) is 48.2 Å². The van der Waals surface area contributed by atoms with Gasteiger partial charge in [0.1, 0.15) is 0 Å². The van der Waals surface area contributed by atoms with Gasteiger partial charge < -0.3 is 18.9 Å². The number of ether oxygens (including phenoxy) is 2. The molecule has 7 nitrogen and oxygen atoms in total. The van der Waals surface area contributed by atoms with Gasteiger partial charge in [-0.05, 0) is 61.8 Å². The minimum atomic E-state index is -0.0996. The largest absolute Gasteiger partial charge is 0.454 e. The van der Waals surface area contributed by atoms with Crippen LogP contribution >= 0.6 is 0 Å². The van der Waals surface area contributed by atoms with Gasteiger partial charge >= 0.3 is 0 Å². The van der Waals surface area contributed by atoms with Gasteiger partial charge in [0, 0.05) is 18.7 Å². The van der Waals surface area contributed by atoms with Gasteiger partial charge in [0.25, 0.3) is 0 Å². The first-order valence-corrected chi connectivity index (χ1v) is 11.8. The molecule has 3 aromatic rings. The van der Waals surface area contributed by atoms with E-state index in [1.54, 1.807) is 0 Å². The minimum absolute atomic E-state index is 0.0173. The number of hydrogen-bond acceptors (Lipinski definition) is 6. The molecule has 1 aliphatic heterocycles. The summed E-state index contributed by atoms with van der Waals surface area (Å²) in [5.74, 6) is 3.42. The van der Waals surface area contributed by atoms with Gasteiger partial charge in [-0.3, -0.25) is 4.79 Å². The van der Waals surface area contributed by atoms with Crippen LogP contribution in [0.5, 0.6) is 11.5 Å². The molecule has 4 atom stereocenters. The fraction of sp³-hybridized carbons (Fsp3) is 0.423. The molecule has 2 aromatic carbocycles. The summed E-state index contributed by atoms with van der Waals surface area (Å²) in [7, 11) is 0. The number of aromatic nitrogens is 2. The SMILES string of the molecule is CCN(Cc1ccccc1)C(=O)[C@H]1[C@H]2CC[C@H](C2)[C@@H]1c1nc(-c2ccc3c(c2)OCO3)no1. The Hall–Kier alpha value is -3.35. The quantitative estimate of drug-likeness (QED) is 0.550. The Balaban J connectivity index is 1.27. The van der Waals surface area contributed by atoms with Crippen molar-refractivity contribution in [2.24, 2.45) is 17.8 Å². The molecule has 1 aromatic heterocycles. The molecule has 2 heterocycles. The molecule has 0 unspecified atom stereocenters. The highest BCUT2D eigenvalue weighted by molar-refractivity contribution is 5.81. The molecular formula is C26H27N3O4. The normalized spacial score (nSPS) is 24.9. The van der Waals surface area contributed by atoms with E-state index >= 15 is 0 Å². The number of carbonyl (C=O) groups excluding carboxylic acids is 1. The van der Waals surface area contributed by atoms with Crippen molar-refractivity contribution in [2.45, 2.75) is 38.6 Å². The smallest absolute Gasteiger partial charge is 0.231 e. The van der Waals surface area contributed by atoms with E-state index in [0.29, 0.717) is 42.4 Å². The van der Waals surface area contributed by atoms with Crippen LogP contribution in [0.3, 0.4) is 0 Å². The van der Waals surface area contributed by atoms with Gasteiger partial charge in [0.05, 0.1) is 11.8 Å². The van der Waals surface area contributed by atoms with Crippen molar-refractivity contribution in [1.29, 1.82) is 0 Å². The summed E-state index contributed by atoms with van der Waals surface area (Å²) in [4.78, 5) is 20.5. The standard InChI is InChI=1S/C26H27N3O4/c1-2-29(14-16-6-4-3-5-7-16)26(30)23-18-9-8-17(12-18)22(23)25-27-24(28-33-25)19-10-11-20-21(13-19)32-15-31-20/h3-7,10-11,13,17-18,22-23H,2,8-9,12,14-15H2,1H3/t17-,18+,22+,23+/m1/s1. The van der Waals surface area contributed by atoms with Crippen molar-refractivity contribution in [1.82, 2.24) is 15.0 Å². The summed E-state index contributed by atoms with van der Waals surface area (Å²) in [6.45, 7) is 3.58.